The smallest absolute Gasteiger partial charge is 0.153 e. The third-order valence-electron chi connectivity index (χ3n) is 4.09. The van der Waals surface area contributed by atoms with E-state index in [1.54, 1.807) is 6.92 Å². The maximum Gasteiger partial charge on any atom is 0.153 e. The fourth-order valence-corrected chi connectivity index (χ4v) is 3.26. The molecule has 1 fully saturated rings. The Morgan fingerprint density at radius 1 is 1.43 bits per heavy atom. The fourth-order valence-electron chi connectivity index (χ4n) is 3.10. The van der Waals surface area contributed by atoms with Gasteiger partial charge >= 0.3 is 0 Å². The van der Waals surface area contributed by atoms with Crippen molar-refractivity contribution < 1.29 is 8.78 Å². The molecule has 0 bridgehead atoms. The third kappa shape index (κ3) is 2.77. The number of fused-ring (bicyclic) bond motifs is 1. The highest BCUT2D eigenvalue weighted by Crippen LogP contribution is 2.29. The van der Waals surface area contributed by atoms with Crippen molar-refractivity contribution in [3.63, 3.8) is 0 Å². The van der Waals surface area contributed by atoms with Crippen molar-refractivity contribution in [3.8, 4) is 0 Å². The average molecular weight is 314 g/mol. The SMILES string of the molecule is CC(Cl)c1nc2c(F)cc(F)cc2n1CC1CCN(C)C1. The number of rotatable bonds is 3. The first kappa shape index (κ1) is 14.7. The molecule has 2 unspecified atom stereocenters. The van der Waals surface area contributed by atoms with E-state index in [2.05, 4.69) is 16.9 Å². The minimum absolute atomic E-state index is 0.199. The minimum atomic E-state index is -0.633. The summed E-state index contributed by atoms with van der Waals surface area (Å²) in [6, 6.07) is 2.21. The maximum absolute atomic E-state index is 13.9. The Morgan fingerprint density at radius 3 is 2.81 bits per heavy atom. The van der Waals surface area contributed by atoms with Crippen LogP contribution in [-0.2, 0) is 6.54 Å². The van der Waals surface area contributed by atoms with Gasteiger partial charge < -0.3 is 9.47 Å². The van der Waals surface area contributed by atoms with Crippen molar-refractivity contribution in [3.05, 3.63) is 29.6 Å². The van der Waals surface area contributed by atoms with Gasteiger partial charge in [-0.3, -0.25) is 0 Å². The number of hydrogen-bond acceptors (Lipinski definition) is 2. The molecule has 0 amide bonds. The number of nitrogens with zero attached hydrogens (tertiary/aromatic N) is 3. The first-order valence-electron chi connectivity index (χ1n) is 7.13. The van der Waals surface area contributed by atoms with Crippen molar-refractivity contribution in [1.82, 2.24) is 14.5 Å². The molecule has 6 heteroatoms. The molecule has 0 aliphatic carbocycles. The molecule has 3 nitrogen and oxygen atoms in total. The van der Waals surface area contributed by atoms with Crippen LogP contribution in [0, 0.1) is 17.6 Å². The van der Waals surface area contributed by atoms with Crippen molar-refractivity contribution in [1.29, 1.82) is 0 Å². The molecule has 1 saturated heterocycles. The largest absolute Gasteiger partial charge is 0.326 e. The molecule has 3 rings (SSSR count). The van der Waals surface area contributed by atoms with E-state index in [-0.39, 0.29) is 10.9 Å². The Balaban J connectivity index is 2.07. The molecular formula is C15H18ClF2N3. The van der Waals surface area contributed by atoms with Crippen molar-refractivity contribution in [2.75, 3.05) is 20.1 Å². The molecule has 0 N–H and O–H groups in total. The molecule has 114 valence electrons. The quantitative estimate of drug-likeness (QED) is 0.808. The van der Waals surface area contributed by atoms with Crippen LogP contribution in [0.5, 0.6) is 0 Å². The standard InChI is InChI=1S/C15H18ClF2N3/c1-9(16)15-19-14-12(18)5-11(17)6-13(14)21(15)8-10-3-4-20(2)7-10/h5-6,9-10H,3-4,7-8H2,1-2H3. The summed E-state index contributed by atoms with van der Waals surface area (Å²) < 4.78 is 29.3. The van der Waals surface area contributed by atoms with Gasteiger partial charge in [-0.15, -0.1) is 11.6 Å². The lowest BCUT2D eigenvalue weighted by Gasteiger charge is -2.15. The number of halogens is 3. The molecular weight excluding hydrogens is 296 g/mol. The Labute approximate surface area is 127 Å². The van der Waals surface area contributed by atoms with Gasteiger partial charge in [0.25, 0.3) is 0 Å². The second-order valence-corrected chi connectivity index (χ2v) is 6.52. The molecule has 1 aromatic carbocycles. The summed E-state index contributed by atoms with van der Waals surface area (Å²) in [5, 5.41) is -0.348. The van der Waals surface area contributed by atoms with E-state index in [9.17, 15) is 8.78 Å². The molecule has 1 aliphatic heterocycles. The second-order valence-electron chi connectivity index (χ2n) is 5.87. The van der Waals surface area contributed by atoms with E-state index in [4.69, 9.17) is 11.6 Å². The molecule has 1 aliphatic rings. The van der Waals surface area contributed by atoms with Crippen LogP contribution in [0.1, 0.15) is 24.5 Å². The van der Waals surface area contributed by atoms with Crippen molar-refractivity contribution in [2.24, 2.45) is 5.92 Å². The lowest BCUT2D eigenvalue weighted by molar-refractivity contribution is 0.377. The van der Waals surface area contributed by atoms with Gasteiger partial charge in [0.15, 0.2) is 5.82 Å². The monoisotopic (exact) mass is 313 g/mol. The van der Waals surface area contributed by atoms with Gasteiger partial charge in [0, 0.05) is 19.2 Å². The second kappa shape index (κ2) is 5.54. The van der Waals surface area contributed by atoms with E-state index in [1.807, 2.05) is 4.57 Å². The molecule has 2 heterocycles. The zero-order chi connectivity index (χ0) is 15.1. The number of alkyl halides is 1. The summed E-state index contributed by atoms with van der Waals surface area (Å²) in [4.78, 5) is 6.55. The molecule has 0 radical (unpaired) electrons. The van der Waals surface area contributed by atoms with Crippen LogP contribution in [0.15, 0.2) is 12.1 Å². The zero-order valence-electron chi connectivity index (χ0n) is 12.1. The van der Waals surface area contributed by atoms with Crippen LogP contribution >= 0.6 is 11.6 Å². The summed E-state index contributed by atoms with van der Waals surface area (Å²) in [5.41, 5.74) is 0.690. The van der Waals surface area contributed by atoms with E-state index in [0.717, 1.165) is 25.6 Å². The number of aromatic nitrogens is 2. The maximum atomic E-state index is 13.9. The van der Waals surface area contributed by atoms with Crippen LogP contribution in [0.2, 0.25) is 0 Å². The van der Waals surface area contributed by atoms with Crippen molar-refractivity contribution >= 4 is 22.6 Å². The van der Waals surface area contributed by atoms with Crippen LogP contribution in [0.4, 0.5) is 8.78 Å². The van der Waals surface area contributed by atoms with Gasteiger partial charge in [-0.2, -0.15) is 0 Å². The van der Waals surface area contributed by atoms with Gasteiger partial charge in [0.05, 0.1) is 10.9 Å². The molecule has 0 spiro atoms. The molecule has 0 saturated carbocycles. The van der Waals surface area contributed by atoms with Gasteiger partial charge in [-0.05, 0) is 38.9 Å². The Bertz CT molecular complexity index is 668. The molecule has 21 heavy (non-hydrogen) atoms. The summed E-state index contributed by atoms with van der Waals surface area (Å²) >= 11 is 6.18. The fraction of sp³-hybridized carbons (Fsp3) is 0.533. The summed E-state index contributed by atoms with van der Waals surface area (Å²) in [5.74, 6) is -0.164. The van der Waals surface area contributed by atoms with E-state index in [1.165, 1.54) is 6.07 Å². The minimum Gasteiger partial charge on any atom is -0.326 e. The topological polar surface area (TPSA) is 21.1 Å². The van der Waals surface area contributed by atoms with Crippen LogP contribution in [-0.4, -0.2) is 34.6 Å². The number of benzene rings is 1. The summed E-state index contributed by atoms with van der Waals surface area (Å²) in [6.07, 6.45) is 1.07. The van der Waals surface area contributed by atoms with Gasteiger partial charge in [0.1, 0.15) is 17.2 Å². The van der Waals surface area contributed by atoms with Gasteiger partial charge in [0.2, 0.25) is 0 Å². The van der Waals surface area contributed by atoms with Gasteiger partial charge in [-0.25, -0.2) is 13.8 Å². The number of imidazole rings is 1. The normalized spacial score (nSPS) is 21.3. The molecule has 2 aromatic rings. The van der Waals surface area contributed by atoms with E-state index in [0.29, 0.717) is 23.8 Å². The summed E-state index contributed by atoms with van der Waals surface area (Å²) in [6.45, 7) is 4.52. The van der Waals surface area contributed by atoms with Crippen LogP contribution < -0.4 is 0 Å². The Hall–Kier alpha value is -1.20. The van der Waals surface area contributed by atoms with E-state index >= 15 is 0 Å². The third-order valence-corrected chi connectivity index (χ3v) is 4.28. The number of hydrogen-bond donors (Lipinski definition) is 0. The Morgan fingerprint density at radius 2 is 2.19 bits per heavy atom. The van der Waals surface area contributed by atoms with Crippen molar-refractivity contribution in [2.45, 2.75) is 25.3 Å². The predicted molar refractivity (Wildman–Crippen MR) is 79.5 cm³/mol. The number of likely N-dealkylation sites (tertiary alicyclic amines) is 1. The first-order valence-corrected chi connectivity index (χ1v) is 7.57. The van der Waals surface area contributed by atoms with Gasteiger partial charge in [-0.1, -0.05) is 0 Å². The lowest BCUT2D eigenvalue weighted by atomic mass is 10.1. The summed E-state index contributed by atoms with van der Waals surface area (Å²) in [7, 11) is 2.08. The van der Waals surface area contributed by atoms with Crippen LogP contribution in [0.3, 0.4) is 0 Å². The highest BCUT2D eigenvalue weighted by molar-refractivity contribution is 6.20. The lowest BCUT2D eigenvalue weighted by Crippen LogP contribution is -2.18. The predicted octanol–water partition coefficient (Wildman–Crippen LogP) is 3.57. The highest BCUT2D eigenvalue weighted by atomic mass is 35.5. The van der Waals surface area contributed by atoms with Crippen LogP contribution in [0.25, 0.3) is 11.0 Å². The Kier molecular flexibility index (Phi) is 3.88. The highest BCUT2D eigenvalue weighted by Gasteiger charge is 2.24. The molecule has 1 aromatic heterocycles. The average Bonchev–Trinajstić information content (AvgIpc) is 2.95. The zero-order valence-corrected chi connectivity index (χ0v) is 12.9. The van der Waals surface area contributed by atoms with E-state index < -0.39 is 11.6 Å². The first-order chi connectivity index (χ1) is 9.95. The molecule has 2 atom stereocenters.